The van der Waals surface area contributed by atoms with E-state index >= 15 is 0 Å². The fraction of sp³-hybridized carbons (Fsp3) is 0.900. The molecule has 2 atom stereocenters. The summed E-state index contributed by atoms with van der Waals surface area (Å²) in [6.07, 6.45) is 1.37. The summed E-state index contributed by atoms with van der Waals surface area (Å²) in [5.41, 5.74) is 5.46. The first-order valence-electron chi connectivity index (χ1n) is 5.49. The first-order chi connectivity index (χ1) is 7.27. The fourth-order valence-electron chi connectivity index (χ4n) is 1.58. The van der Waals surface area contributed by atoms with Crippen LogP contribution in [0.2, 0.25) is 0 Å². The maximum absolute atomic E-state index is 11.5. The number of hydrogen-bond donors (Lipinski definition) is 2. The minimum absolute atomic E-state index is 0. The molecule has 1 aliphatic heterocycles. The normalized spacial score (nSPS) is 23.9. The molecule has 0 aliphatic carbocycles. The summed E-state index contributed by atoms with van der Waals surface area (Å²) in [5.74, 6) is -0.0503. The van der Waals surface area contributed by atoms with E-state index in [4.69, 9.17) is 15.2 Å². The van der Waals surface area contributed by atoms with Crippen molar-refractivity contribution in [2.45, 2.75) is 32.0 Å². The predicted molar refractivity (Wildman–Crippen MR) is 63.7 cm³/mol. The van der Waals surface area contributed by atoms with Gasteiger partial charge in [-0.05, 0) is 19.8 Å². The summed E-state index contributed by atoms with van der Waals surface area (Å²) in [4.78, 5) is 11.5. The third-order valence-corrected chi connectivity index (χ3v) is 2.41. The number of nitrogens with one attached hydrogen (secondary N) is 1. The van der Waals surface area contributed by atoms with Crippen LogP contribution >= 0.6 is 12.4 Å². The van der Waals surface area contributed by atoms with Gasteiger partial charge in [-0.15, -0.1) is 12.4 Å². The molecule has 0 radical (unpaired) electrons. The number of ether oxygens (including phenoxy) is 2. The molecule has 96 valence electrons. The lowest BCUT2D eigenvalue weighted by Gasteiger charge is -2.12. The fourth-order valence-corrected chi connectivity index (χ4v) is 1.58. The molecule has 0 saturated carbocycles. The van der Waals surface area contributed by atoms with E-state index in [9.17, 15) is 4.79 Å². The van der Waals surface area contributed by atoms with Gasteiger partial charge in [-0.2, -0.15) is 0 Å². The molecule has 6 heteroatoms. The second kappa shape index (κ2) is 8.75. The maximum Gasteiger partial charge on any atom is 0.249 e. The van der Waals surface area contributed by atoms with Crippen LogP contribution in [0.1, 0.15) is 19.8 Å². The number of rotatable bonds is 6. The smallest absolute Gasteiger partial charge is 0.249 e. The lowest BCUT2D eigenvalue weighted by molar-refractivity contribution is -0.132. The average Bonchev–Trinajstić information content (AvgIpc) is 2.72. The Kier molecular flexibility index (Phi) is 8.56. The molecule has 1 aliphatic rings. The summed E-state index contributed by atoms with van der Waals surface area (Å²) < 4.78 is 10.6. The van der Waals surface area contributed by atoms with Crippen LogP contribution in [0.15, 0.2) is 0 Å². The van der Waals surface area contributed by atoms with Crippen molar-refractivity contribution in [3.8, 4) is 0 Å². The molecule has 0 aromatic heterocycles. The van der Waals surface area contributed by atoms with Gasteiger partial charge in [-0.25, -0.2) is 0 Å². The van der Waals surface area contributed by atoms with Crippen molar-refractivity contribution in [3.05, 3.63) is 0 Å². The van der Waals surface area contributed by atoms with E-state index in [0.29, 0.717) is 26.3 Å². The van der Waals surface area contributed by atoms with Crippen LogP contribution in [0.25, 0.3) is 0 Å². The highest BCUT2D eigenvalue weighted by molar-refractivity contribution is 5.85. The van der Waals surface area contributed by atoms with Crippen LogP contribution in [0.5, 0.6) is 0 Å². The molecule has 1 saturated heterocycles. The Morgan fingerprint density at radius 2 is 2.31 bits per heavy atom. The van der Waals surface area contributed by atoms with Crippen LogP contribution in [-0.4, -0.2) is 44.4 Å². The van der Waals surface area contributed by atoms with Gasteiger partial charge in [0, 0.05) is 19.7 Å². The highest BCUT2D eigenvalue weighted by Crippen LogP contribution is 2.18. The van der Waals surface area contributed by atoms with E-state index in [0.717, 1.165) is 12.8 Å². The minimum atomic E-state index is -0.319. The van der Waals surface area contributed by atoms with Gasteiger partial charge in [-0.1, -0.05) is 0 Å². The molecule has 0 spiro atoms. The summed E-state index contributed by atoms with van der Waals surface area (Å²) in [6, 6.07) is 0. The van der Waals surface area contributed by atoms with E-state index < -0.39 is 0 Å². The second-order valence-corrected chi connectivity index (χ2v) is 3.55. The van der Waals surface area contributed by atoms with E-state index in [1.54, 1.807) is 0 Å². The monoisotopic (exact) mass is 252 g/mol. The molecular weight excluding hydrogens is 232 g/mol. The van der Waals surface area contributed by atoms with Gasteiger partial charge in [0.25, 0.3) is 0 Å². The number of carbonyl (C=O) groups excluding carboxylic acids is 1. The first kappa shape index (κ1) is 15.6. The zero-order valence-corrected chi connectivity index (χ0v) is 10.4. The highest BCUT2D eigenvalue weighted by Gasteiger charge is 2.29. The number of carbonyl (C=O) groups is 1. The molecule has 1 heterocycles. The Morgan fingerprint density at radius 1 is 1.56 bits per heavy atom. The molecule has 1 fully saturated rings. The molecule has 0 unspecified atom stereocenters. The molecule has 5 nitrogen and oxygen atoms in total. The van der Waals surface area contributed by atoms with Crippen LogP contribution in [0.3, 0.4) is 0 Å². The summed E-state index contributed by atoms with van der Waals surface area (Å²) >= 11 is 0. The Labute approximate surface area is 102 Å². The third-order valence-electron chi connectivity index (χ3n) is 2.41. The first-order valence-corrected chi connectivity index (χ1v) is 5.49. The van der Waals surface area contributed by atoms with Crippen molar-refractivity contribution in [1.29, 1.82) is 0 Å². The molecule has 16 heavy (non-hydrogen) atoms. The van der Waals surface area contributed by atoms with E-state index in [2.05, 4.69) is 5.32 Å². The van der Waals surface area contributed by atoms with Crippen molar-refractivity contribution in [3.63, 3.8) is 0 Å². The van der Waals surface area contributed by atoms with Crippen LogP contribution in [0.4, 0.5) is 0 Å². The zero-order chi connectivity index (χ0) is 11.1. The van der Waals surface area contributed by atoms with Crippen LogP contribution in [0, 0.1) is 0 Å². The Hall–Kier alpha value is -0.360. The standard InChI is InChI=1S/C10H20N2O3.ClH/c1-2-14-6-5-12-10(13)9-4-3-8(7-11)15-9;/h8-9H,2-7,11H2,1H3,(H,12,13);1H/t8-,9+;/m1./s1. The molecule has 3 N–H and O–H groups in total. The number of amides is 1. The second-order valence-electron chi connectivity index (χ2n) is 3.55. The molecule has 0 bridgehead atoms. The Bertz CT molecular complexity index is 205. The van der Waals surface area contributed by atoms with Crippen molar-refractivity contribution in [1.82, 2.24) is 5.32 Å². The summed E-state index contributed by atoms with van der Waals surface area (Å²) in [6.45, 7) is 4.18. The largest absolute Gasteiger partial charge is 0.380 e. The van der Waals surface area contributed by atoms with Gasteiger partial charge in [0.2, 0.25) is 5.91 Å². The number of halogens is 1. The Balaban J connectivity index is 0.00000225. The number of nitrogens with two attached hydrogens (primary N) is 1. The van der Waals surface area contributed by atoms with Gasteiger partial charge >= 0.3 is 0 Å². The van der Waals surface area contributed by atoms with Gasteiger partial charge < -0.3 is 20.5 Å². The maximum atomic E-state index is 11.5. The molecule has 0 aromatic carbocycles. The lowest BCUT2D eigenvalue weighted by atomic mass is 10.2. The van der Waals surface area contributed by atoms with Gasteiger partial charge in [0.1, 0.15) is 6.10 Å². The molecular formula is C10H21ClN2O3. The van der Waals surface area contributed by atoms with E-state index in [1.165, 1.54) is 0 Å². The molecule has 1 rings (SSSR count). The third kappa shape index (κ3) is 5.12. The molecule has 0 aromatic rings. The number of hydrogen-bond acceptors (Lipinski definition) is 4. The SMILES string of the molecule is CCOCCNC(=O)[C@@H]1CC[C@H](CN)O1.Cl. The van der Waals surface area contributed by atoms with Crippen molar-refractivity contribution in [2.75, 3.05) is 26.3 Å². The van der Waals surface area contributed by atoms with Gasteiger partial charge in [0.15, 0.2) is 0 Å². The van der Waals surface area contributed by atoms with Crippen LogP contribution < -0.4 is 11.1 Å². The van der Waals surface area contributed by atoms with Gasteiger partial charge in [-0.3, -0.25) is 4.79 Å². The van der Waals surface area contributed by atoms with E-state index in [-0.39, 0.29) is 30.5 Å². The lowest BCUT2D eigenvalue weighted by Crippen LogP contribution is -2.37. The average molecular weight is 253 g/mol. The topological polar surface area (TPSA) is 73.6 Å². The summed E-state index contributed by atoms with van der Waals surface area (Å²) in [7, 11) is 0. The van der Waals surface area contributed by atoms with Crippen LogP contribution in [-0.2, 0) is 14.3 Å². The van der Waals surface area contributed by atoms with Crippen molar-refractivity contribution >= 4 is 18.3 Å². The zero-order valence-electron chi connectivity index (χ0n) is 9.61. The summed E-state index contributed by atoms with van der Waals surface area (Å²) in [5, 5.41) is 2.77. The quantitative estimate of drug-likeness (QED) is 0.656. The predicted octanol–water partition coefficient (Wildman–Crippen LogP) is 0.0672. The van der Waals surface area contributed by atoms with E-state index in [1.807, 2.05) is 6.92 Å². The minimum Gasteiger partial charge on any atom is -0.380 e. The highest BCUT2D eigenvalue weighted by atomic mass is 35.5. The Morgan fingerprint density at radius 3 is 2.88 bits per heavy atom. The van der Waals surface area contributed by atoms with Crippen molar-refractivity contribution < 1.29 is 14.3 Å². The molecule has 1 amide bonds. The van der Waals surface area contributed by atoms with Crippen molar-refractivity contribution in [2.24, 2.45) is 5.73 Å². The van der Waals surface area contributed by atoms with Gasteiger partial charge in [0.05, 0.1) is 12.7 Å².